The summed E-state index contributed by atoms with van der Waals surface area (Å²) in [5.74, 6) is 0.359. The van der Waals surface area contributed by atoms with Gasteiger partial charge in [-0.15, -0.1) is 0 Å². The van der Waals surface area contributed by atoms with Crippen LogP contribution in [0.15, 0.2) is 30.5 Å². The lowest BCUT2D eigenvalue weighted by molar-refractivity contribution is -0.191. The Morgan fingerprint density at radius 1 is 1.08 bits per heavy atom. The highest BCUT2D eigenvalue weighted by Gasteiger charge is 2.55. The zero-order valence-electron chi connectivity index (χ0n) is 21.0. The molecule has 0 radical (unpaired) electrons. The van der Waals surface area contributed by atoms with Crippen molar-refractivity contribution in [3.05, 3.63) is 58.0 Å². The van der Waals surface area contributed by atoms with Crippen molar-refractivity contribution in [3.63, 3.8) is 0 Å². The second-order valence-electron chi connectivity index (χ2n) is 11.4. The zero-order chi connectivity index (χ0) is 26.7. The number of alkyl halides is 3. The number of benzene rings is 1. The van der Waals surface area contributed by atoms with E-state index in [1.165, 1.54) is 37.2 Å². The van der Waals surface area contributed by atoms with Crippen molar-refractivity contribution in [1.82, 2.24) is 14.8 Å². The number of piperidine rings is 1. The number of amides is 1. The van der Waals surface area contributed by atoms with Crippen LogP contribution in [0.4, 0.5) is 23.4 Å². The second-order valence-corrected chi connectivity index (χ2v) is 11.8. The van der Waals surface area contributed by atoms with Gasteiger partial charge in [-0.2, -0.15) is 13.2 Å². The van der Waals surface area contributed by atoms with Crippen LogP contribution in [0.3, 0.4) is 0 Å². The summed E-state index contributed by atoms with van der Waals surface area (Å²) in [5.41, 5.74) is 0.683. The van der Waals surface area contributed by atoms with Gasteiger partial charge in [-0.3, -0.25) is 4.79 Å². The molecule has 5 nitrogen and oxygen atoms in total. The highest BCUT2D eigenvalue weighted by Crippen LogP contribution is 2.48. The number of likely N-dealkylation sites (tertiary alicyclic amines) is 2. The molecular weight excluding hydrogens is 520 g/mol. The molecule has 1 aromatic carbocycles. The fourth-order valence-electron chi connectivity index (χ4n) is 6.52. The molecule has 1 spiro atoms. The van der Waals surface area contributed by atoms with Crippen LogP contribution in [0.1, 0.15) is 54.8 Å². The Bertz CT molecular complexity index is 1210. The predicted octanol–water partition coefficient (Wildman–Crippen LogP) is 5.78. The fourth-order valence-corrected chi connectivity index (χ4v) is 6.70. The third kappa shape index (κ3) is 4.88. The molecule has 2 atom stereocenters. The number of nitrogens with zero attached hydrogens (tertiary/aromatic N) is 3. The summed E-state index contributed by atoms with van der Waals surface area (Å²) >= 11 is 5.89. The number of rotatable bonds is 6. The standard InChI is InChI=1S/C28H31ClF4N4O/c29-22-5-3-18-13-20(14-21(18)24(22)30)35-23-6-4-19(15-34-23)25(28(31,32)33)37-12-9-27(26(37)38)7-10-36(11-8-27)16-17-1-2-17/h3-6,15,17,20,25H,1-2,7-14,16H2,(H,34,35). The number of nitrogens with one attached hydrogen (secondary N) is 1. The third-order valence-corrected chi connectivity index (χ3v) is 9.15. The maximum absolute atomic E-state index is 14.4. The first-order valence-corrected chi connectivity index (χ1v) is 13.8. The number of pyridine rings is 1. The van der Waals surface area contributed by atoms with Crippen molar-refractivity contribution < 1.29 is 22.4 Å². The zero-order valence-corrected chi connectivity index (χ0v) is 21.8. The topological polar surface area (TPSA) is 48.5 Å². The summed E-state index contributed by atoms with van der Waals surface area (Å²) in [6.07, 6.45) is 1.79. The summed E-state index contributed by atoms with van der Waals surface area (Å²) in [4.78, 5) is 21.1. The third-order valence-electron chi connectivity index (χ3n) is 8.86. The molecule has 2 aliphatic carbocycles. The van der Waals surface area contributed by atoms with Crippen LogP contribution >= 0.6 is 11.6 Å². The Kier molecular flexibility index (Phi) is 6.58. The Balaban J connectivity index is 1.14. The quantitative estimate of drug-likeness (QED) is 0.463. The molecule has 10 heteroatoms. The smallest absolute Gasteiger partial charge is 0.367 e. The monoisotopic (exact) mass is 550 g/mol. The molecule has 2 aromatic rings. The van der Waals surface area contributed by atoms with Crippen molar-refractivity contribution in [2.75, 3.05) is 31.5 Å². The van der Waals surface area contributed by atoms with Crippen LogP contribution in [-0.4, -0.2) is 59.1 Å². The molecule has 0 bridgehead atoms. The van der Waals surface area contributed by atoms with Crippen molar-refractivity contribution in [1.29, 1.82) is 0 Å². The Hall–Kier alpha value is -2.39. The molecular formula is C28H31ClF4N4O. The highest BCUT2D eigenvalue weighted by atomic mass is 35.5. The molecule has 3 heterocycles. The van der Waals surface area contributed by atoms with Crippen LogP contribution in [-0.2, 0) is 17.6 Å². The predicted molar refractivity (Wildman–Crippen MR) is 136 cm³/mol. The average Bonchev–Trinajstić information content (AvgIpc) is 3.53. The Morgan fingerprint density at radius 2 is 1.82 bits per heavy atom. The van der Waals surface area contributed by atoms with Gasteiger partial charge in [-0.25, -0.2) is 9.37 Å². The van der Waals surface area contributed by atoms with Gasteiger partial charge in [-0.1, -0.05) is 23.7 Å². The minimum absolute atomic E-state index is 0.0489. The number of fused-ring (bicyclic) bond motifs is 1. The van der Waals surface area contributed by atoms with E-state index in [1.54, 1.807) is 6.07 Å². The van der Waals surface area contributed by atoms with Crippen molar-refractivity contribution >= 4 is 23.3 Å². The van der Waals surface area contributed by atoms with E-state index in [-0.39, 0.29) is 29.1 Å². The lowest BCUT2D eigenvalue weighted by Gasteiger charge is -2.39. The molecule has 4 aliphatic rings. The molecule has 38 heavy (non-hydrogen) atoms. The molecule has 2 unspecified atom stereocenters. The molecule has 1 amide bonds. The maximum atomic E-state index is 14.4. The van der Waals surface area contributed by atoms with Gasteiger partial charge in [0.1, 0.15) is 11.6 Å². The van der Waals surface area contributed by atoms with Gasteiger partial charge in [0.2, 0.25) is 5.91 Å². The minimum Gasteiger partial charge on any atom is -0.367 e. The Labute approximate surface area is 224 Å². The number of anilines is 1. The number of hydrogen-bond acceptors (Lipinski definition) is 4. The lowest BCUT2D eigenvalue weighted by atomic mass is 9.77. The molecule has 1 N–H and O–H groups in total. The molecule has 3 fully saturated rings. The molecule has 1 saturated carbocycles. The SMILES string of the molecule is O=C1N(C(c2ccc(NC3Cc4ccc(Cl)c(F)c4C3)nc2)C(F)(F)F)CCC12CCN(CC1CC1)CC2. The van der Waals surface area contributed by atoms with Gasteiger partial charge >= 0.3 is 6.18 Å². The number of carbonyl (C=O) groups is 1. The average molecular weight is 551 g/mol. The van der Waals surface area contributed by atoms with Crippen LogP contribution in [0.25, 0.3) is 0 Å². The summed E-state index contributed by atoms with van der Waals surface area (Å²) in [5, 5.41) is 3.27. The van der Waals surface area contributed by atoms with E-state index in [0.717, 1.165) is 36.0 Å². The van der Waals surface area contributed by atoms with Gasteiger partial charge in [0.15, 0.2) is 6.04 Å². The molecule has 2 saturated heterocycles. The van der Waals surface area contributed by atoms with Crippen LogP contribution in [0, 0.1) is 17.2 Å². The molecule has 1 aromatic heterocycles. The molecule has 2 aliphatic heterocycles. The largest absolute Gasteiger partial charge is 0.413 e. The fraction of sp³-hybridized carbons (Fsp3) is 0.571. The van der Waals surface area contributed by atoms with E-state index in [1.807, 2.05) is 0 Å². The number of aromatic nitrogens is 1. The van der Waals surface area contributed by atoms with E-state index in [0.29, 0.717) is 43.5 Å². The van der Waals surface area contributed by atoms with Crippen molar-refractivity contribution in [2.45, 2.75) is 63.2 Å². The van der Waals surface area contributed by atoms with Gasteiger partial charge in [0.05, 0.1) is 10.4 Å². The normalized spacial score (nSPS) is 24.2. The van der Waals surface area contributed by atoms with E-state index >= 15 is 0 Å². The summed E-state index contributed by atoms with van der Waals surface area (Å²) in [6.45, 7) is 2.69. The first kappa shape index (κ1) is 25.9. The first-order chi connectivity index (χ1) is 18.1. The van der Waals surface area contributed by atoms with Crippen molar-refractivity contribution in [2.24, 2.45) is 11.3 Å². The van der Waals surface area contributed by atoms with Crippen LogP contribution in [0.2, 0.25) is 5.02 Å². The van der Waals surface area contributed by atoms with Crippen LogP contribution < -0.4 is 5.32 Å². The maximum Gasteiger partial charge on any atom is 0.413 e. The van der Waals surface area contributed by atoms with Crippen molar-refractivity contribution in [3.8, 4) is 0 Å². The summed E-state index contributed by atoms with van der Waals surface area (Å²) < 4.78 is 57.4. The van der Waals surface area contributed by atoms with Gasteiger partial charge in [0, 0.05) is 30.9 Å². The first-order valence-electron chi connectivity index (χ1n) is 13.4. The van der Waals surface area contributed by atoms with Gasteiger partial charge in [-0.05, 0) is 87.2 Å². The van der Waals surface area contributed by atoms with E-state index in [9.17, 15) is 22.4 Å². The van der Waals surface area contributed by atoms with E-state index in [4.69, 9.17) is 11.6 Å². The Morgan fingerprint density at radius 3 is 2.47 bits per heavy atom. The molecule has 6 rings (SSSR count). The number of halogens is 5. The van der Waals surface area contributed by atoms with Gasteiger partial charge in [0.25, 0.3) is 0 Å². The minimum atomic E-state index is -4.62. The van der Waals surface area contributed by atoms with Gasteiger partial charge < -0.3 is 15.1 Å². The number of carbonyl (C=O) groups excluding carboxylic acids is 1. The second kappa shape index (κ2) is 9.66. The summed E-state index contributed by atoms with van der Waals surface area (Å²) in [6, 6.07) is 4.07. The molecule has 204 valence electrons. The van der Waals surface area contributed by atoms with E-state index < -0.39 is 23.5 Å². The number of hydrogen-bond donors (Lipinski definition) is 1. The summed E-state index contributed by atoms with van der Waals surface area (Å²) in [7, 11) is 0. The van der Waals surface area contributed by atoms with E-state index in [2.05, 4.69) is 15.2 Å². The highest BCUT2D eigenvalue weighted by molar-refractivity contribution is 6.30. The van der Waals surface area contributed by atoms with Crippen LogP contribution in [0.5, 0.6) is 0 Å². The lowest BCUT2D eigenvalue weighted by Crippen LogP contribution is -2.47.